The van der Waals surface area contributed by atoms with Crippen LogP contribution >= 0.6 is 0 Å². The van der Waals surface area contributed by atoms with Gasteiger partial charge in [-0.3, -0.25) is 4.70 Å². The van der Waals surface area contributed by atoms with Crippen molar-refractivity contribution in [1.82, 2.24) is 6.15 Å². The Bertz CT molecular complexity index is 37.9. The van der Waals surface area contributed by atoms with Gasteiger partial charge in [0.15, 0.2) is 0 Å². The molecule has 6 heteroatoms. The third-order valence-electron chi connectivity index (χ3n) is 0. The molecule has 0 unspecified atom stereocenters. The molecule has 0 saturated carbocycles. The Hall–Kier alpha value is 0.160. The van der Waals surface area contributed by atoms with E-state index in [1.165, 1.54) is 0 Å². The SMILES string of the molecule is F.N.O=C([O-])O.[Na+]. The summed E-state index contributed by atoms with van der Waals surface area (Å²) in [4.78, 5) is 8.44. The summed E-state index contributed by atoms with van der Waals surface area (Å²) in [7, 11) is 0. The van der Waals surface area contributed by atoms with Crippen LogP contribution in [-0.2, 0) is 0 Å². The first-order valence-corrected chi connectivity index (χ1v) is 0.632. The van der Waals surface area contributed by atoms with E-state index in [1.54, 1.807) is 0 Å². The second kappa shape index (κ2) is 16.4. The number of rotatable bonds is 0. The first kappa shape index (κ1) is 27.2. The van der Waals surface area contributed by atoms with Crippen molar-refractivity contribution in [3.63, 3.8) is 0 Å². The van der Waals surface area contributed by atoms with Crippen LogP contribution in [0.25, 0.3) is 0 Å². The Labute approximate surface area is 61.8 Å². The molecule has 7 heavy (non-hydrogen) atoms. The molecule has 0 aliphatic carbocycles. The van der Waals surface area contributed by atoms with Gasteiger partial charge < -0.3 is 21.2 Å². The van der Waals surface area contributed by atoms with Gasteiger partial charge in [0.05, 0.1) is 0 Å². The number of carbonyl (C=O) groups is 1. The predicted molar refractivity (Wildman–Crippen MR) is 15.5 cm³/mol. The van der Waals surface area contributed by atoms with Crippen LogP contribution in [0.15, 0.2) is 0 Å². The molecule has 0 rings (SSSR count). The van der Waals surface area contributed by atoms with E-state index in [-0.39, 0.29) is 40.4 Å². The first-order chi connectivity index (χ1) is 1.73. The summed E-state index contributed by atoms with van der Waals surface area (Å²) >= 11 is 0. The molecule has 0 spiro atoms. The van der Waals surface area contributed by atoms with E-state index in [0.29, 0.717) is 0 Å². The van der Waals surface area contributed by atoms with Gasteiger partial charge in [0.25, 0.3) is 0 Å². The average molecular weight is 121 g/mol. The van der Waals surface area contributed by atoms with Crippen molar-refractivity contribution >= 4 is 6.16 Å². The van der Waals surface area contributed by atoms with Crippen LogP contribution in [0.2, 0.25) is 0 Å². The van der Waals surface area contributed by atoms with E-state index in [2.05, 4.69) is 0 Å². The number of halogens is 1. The van der Waals surface area contributed by atoms with Crippen molar-refractivity contribution < 1.29 is 49.3 Å². The van der Waals surface area contributed by atoms with Crippen molar-refractivity contribution in [2.24, 2.45) is 0 Å². The minimum atomic E-state index is -2.08. The minimum absolute atomic E-state index is 0. The standard InChI is InChI=1S/CH2O3.FH.H3N.Na/c2-1(3)4;;;/h(H2,2,3,4);1H;1H3;/q;;;+1/p-1. The number of hydrogen-bond donors (Lipinski definition) is 2. The maximum Gasteiger partial charge on any atom is 1.00 e. The van der Waals surface area contributed by atoms with E-state index < -0.39 is 6.16 Å². The molecular weight excluding hydrogens is 116 g/mol. The van der Waals surface area contributed by atoms with Crippen LogP contribution < -0.4 is 40.8 Å². The van der Waals surface area contributed by atoms with Crippen LogP contribution in [-0.4, -0.2) is 11.3 Å². The Balaban J connectivity index is -0.0000000150. The maximum atomic E-state index is 8.44. The van der Waals surface area contributed by atoms with Gasteiger partial charge in [-0.2, -0.15) is 0 Å². The molecule has 0 fully saturated rings. The Kier molecular flexibility index (Phi) is 63.8. The van der Waals surface area contributed by atoms with Crippen LogP contribution in [0.4, 0.5) is 9.50 Å². The van der Waals surface area contributed by atoms with E-state index in [1.807, 2.05) is 0 Å². The summed E-state index contributed by atoms with van der Waals surface area (Å²) in [6.07, 6.45) is -2.08. The summed E-state index contributed by atoms with van der Waals surface area (Å²) in [5, 5.41) is 15.3. The fourth-order valence-corrected chi connectivity index (χ4v) is 0. The largest absolute Gasteiger partial charge is 1.00 e. The molecule has 0 aromatic rings. The smallest absolute Gasteiger partial charge is 0.565 e. The predicted octanol–water partition coefficient (Wildman–Crippen LogP) is -3.79. The summed E-state index contributed by atoms with van der Waals surface area (Å²) in [6.45, 7) is 0. The van der Waals surface area contributed by atoms with Gasteiger partial charge in [-0.1, -0.05) is 0 Å². The van der Waals surface area contributed by atoms with Crippen molar-refractivity contribution in [1.29, 1.82) is 0 Å². The van der Waals surface area contributed by atoms with Crippen LogP contribution in [0.3, 0.4) is 0 Å². The van der Waals surface area contributed by atoms with Gasteiger partial charge in [-0.05, 0) is 0 Å². The van der Waals surface area contributed by atoms with E-state index in [9.17, 15) is 0 Å². The zero-order valence-electron chi connectivity index (χ0n) is 3.88. The molecule has 0 saturated heterocycles. The van der Waals surface area contributed by atoms with Gasteiger partial charge >= 0.3 is 29.6 Å². The molecule has 0 aliphatic rings. The van der Waals surface area contributed by atoms with Gasteiger partial charge in [0.2, 0.25) is 6.16 Å². The molecule has 4 nitrogen and oxygen atoms in total. The third-order valence-corrected chi connectivity index (χ3v) is 0. The quantitative estimate of drug-likeness (QED) is 0.321. The van der Waals surface area contributed by atoms with Gasteiger partial charge in [-0.15, -0.1) is 0 Å². The topological polar surface area (TPSA) is 95.4 Å². The molecule has 0 atom stereocenters. The van der Waals surface area contributed by atoms with E-state index in [0.717, 1.165) is 0 Å². The van der Waals surface area contributed by atoms with E-state index >= 15 is 0 Å². The normalized spacial score (nSPS) is 3.43. The minimum Gasteiger partial charge on any atom is -0.565 e. The van der Waals surface area contributed by atoms with Crippen molar-refractivity contribution in [3.8, 4) is 0 Å². The molecule has 40 valence electrons. The zero-order chi connectivity index (χ0) is 3.58. The summed E-state index contributed by atoms with van der Waals surface area (Å²) in [6, 6.07) is 0. The Morgan fingerprint density at radius 2 is 1.57 bits per heavy atom. The van der Waals surface area contributed by atoms with Gasteiger partial charge in [0, 0.05) is 0 Å². The fraction of sp³-hybridized carbons (Fsp3) is 0. The van der Waals surface area contributed by atoms with Gasteiger partial charge in [0.1, 0.15) is 0 Å². The van der Waals surface area contributed by atoms with Crippen molar-refractivity contribution in [3.05, 3.63) is 0 Å². The molecule has 0 aliphatic heterocycles. The Morgan fingerprint density at radius 3 is 1.57 bits per heavy atom. The number of hydrogen-bond acceptors (Lipinski definition) is 3. The van der Waals surface area contributed by atoms with Crippen molar-refractivity contribution in [2.45, 2.75) is 0 Å². The summed E-state index contributed by atoms with van der Waals surface area (Å²) in [5.41, 5.74) is 0. The average Bonchev–Trinajstić information content (AvgIpc) is 0.811. The molecule has 0 bridgehead atoms. The zero-order valence-corrected chi connectivity index (χ0v) is 5.88. The fourth-order valence-electron chi connectivity index (χ4n) is 0. The monoisotopic (exact) mass is 121 g/mol. The van der Waals surface area contributed by atoms with Crippen LogP contribution in [0.1, 0.15) is 0 Å². The van der Waals surface area contributed by atoms with Crippen LogP contribution in [0, 0.1) is 0 Å². The maximum absolute atomic E-state index is 8.44. The van der Waals surface area contributed by atoms with Crippen molar-refractivity contribution in [2.75, 3.05) is 0 Å². The summed E-state index contributed by atoms with van der Waals surface area (Å²) < 4.78 is 0. The molecule has 0 radical (unpaired) electrons. The molecule has 4 N–H and O–H groups in total. The molecular formula is CH5FNNaO3. The van der Waals surface area contributed by atoms with Crippen LogP contribution in [0.5, 0.6) is 0 Å². The second-order valence-electron chi connectivity index (χ2n) is 0.266. The summed E-state index contributed by atoms with van der Waals surface area (Å²) in [5.74, 6) is 0. The molecule has 0 aromatic carbocycles. The molecule has 0 heterocycles. The Morgan fingerprint density at radius 1 is 1.57 bits per heavy atom. The molecule has 0 amide bonds. The number of carboxylic acid groups (broad SMARTS) is 2. The van der Waals surface area contributed by atoms with Gasteiger partial charge in [-0.25, -0.2) is 0 Å². The third kappa shape index (κ3) is 4160. The van der Waals surface area contributed by atoms with E-state index in [4.69, 9.17) is 15.0 Å². The molecule has 0 aromatic heterocycles. The first-order valence-electron chi connectivity index (χ1n) is 0.632. The second-order valence-corrected chi connectivity index (χ2v) is 0.266.